The minimum absolute atomic E-state index is 0.270. The van der Waals surface area contributed by atoms with Crippen LogP contribution in [0.5, 0.6) is 0 Å². The first kappa shape index (κ1) is 14.0. The van der Waals surface area contributed by atoms with Crippen LogP contribution in [-0.4, -0.2) is 23.7 Å². The SMILES string of the molecule is N#Cc1ccc(Br)cc1NC(=O)NOCC(=O)O. The molecule has 18 heavy (non-hydrogen) atoms. The third kappa shape index (κ3) is 4.40. The Morgan fingerprint density at radius 1 is 1.50 bits per heavy atom. The summed E-state index contributed by atoms with van der Waals surface area (Å²) in [4.78, 5) is 25.8. The fourth-order valence-electron chi connectivity index (χ4n) is 1.03. The first-order valence-corrected chi connectivity index (χ1v) is 5.42. The Morgan fingerprint density at radius 2 is 2.22 bits per heavy atom. The van der Waals surface area contributed by atoms with Crippen molar-refractivity contribution in [3.8, 4) is 6.07 Å². The van der Waals surface area contributed by atoms with Gasteiger partial charge in [0.2, 0.25) is 0 Å². The number of anilines is 1. The van der Waals surface area contributed by atoms with Gasteiger partial charge in [0, 0.05) is 4.47 Å². The van der Waals surface area contributed by atoms with Crippen LogP contribution in [0.1, 0.15) is 5.56 Å². The van der Waals surface area contributed by atoms with E-state index in [4.69, 9.17) is 10.4 Å². The van der Waals surface area contributed by atoms with Gasteiger partial charge in [0.15, 0.2) is 6.61 Å². The quantitative estimate of drug-likeness (QED) is 0.729. The van der Waals surface area contributed by atoms with Crippen LogP contribution >= 0.6 is 15.9 Å². The van der Waals surface area contributed by atoms with Crippen LogP contribution in [0, 0.1) is 11.3 Å². The third-order valence-corrected chi connectivity index (χ3v) is 2.20. The van der Waals surface area contributed by atoms with Crippen LogP contribution < -0.4 is 10.8 Å². The summed E-state index contributed by atoms with van der Waals surface area (Å²) in [5.74, 6) is -1.21. The summed E-state index contributed by atoms with van der Waals surface area (Å²) in [6.45, 7) is -0.656. The number of hydrogen-bond donors (Lipinski definition) is 3. The first-order valence-electron chi connectivity index (χ1n) is 4.63. The van der Waals surface area contributed by atoms with Gasteiger partial charge < -0.3 is 10.4 Å². The van der Waals surface area contributed by atoms with Gasteiger partial charge in [-0.15, -0.1) is 0 Å². The van der Waals surface area contributed by atoms with Crippen LogP contribution in [0.3, 0.4) is 0 Å². The maximum Gasteiger partial charge on any atom is 0.343 e. The molecule has 0 heterocycles. The van der Waals surface area contributed by atoms with E-state index < -0.39 is 18.6 Å². The number of urea groups is 1. The molecule has 1 aromatic rings. The molecule has 0 fully saturated rings. The van der Waals surface area contributed by atoms with Crippen LogP contribution in [0.15, 0.2) is 22.7 Å². The lowest BCUT2D eigenvalue weighted by atomic mass is 10.2. The summed E-state index contributed by atoms with van der Waals surface area (Å²) in [5.41, 5.74) is 2.43. The summed E-state index contributed by atoms with van der Waals surface area (Å²) < 4.78 is 0.684. The van der Waals surface area contributed by atoms with Crippen molar-refractivity contribution in [1.29, 1.82) is 5.26 Å². The summed E-state index contributed by atoms with van der Waals surface area (Å²) >= 11 is 3.20. The molecule has 0 atom stereocenters. The number of nitriles is 1. The number of rotatable bonds is 4. The molecule has 1 aromatic carbocycles. The molecule has 0 saturated heterocycles. The second-order valence-electron chi connectivity index (χ2n) is 3.04. The Kier molecular flexibility index (Phi) is 5.10. The van der Waals surface area contributed by atoms with Crippen LogP contribution in [-0.2, 0) is 9.63 Å². The van der Waals surface area contributed by atoms with E-state index in [-0.39, 0.29) is 11.3 Å². The van der Waals surface area contributed by atoms with Crippen molar-refractivity contribution in [2.45, 2.75) is 0 Å². The third-order valence-electron chi connectivity index (χ3n) is 1.71. The van der Waals surface area contributed by atoms with E-state index in [0.717, 1.165) is 0 Å². The predicted molar refractivity (Wildman–Crippen MR) is 64.6 cm³/mol. The molecular weight excluding hydrogens is 306 g/mol. The number of hydrogen-bond acceptors (Lipinski definition) is 4. The number of nitrogens with zero attached hydrogens (tertiary/aromatic N) is 1. The number of carbonyl (C=O) groups excluding carboxylic acids is 1. The lowest BCUT2D eigenvalue weighted by Gasteiger charge is -2.08. The number of hydroxylamine groups is 1. The Hall–Kier alpha value is -2.11. The van der Waals surface area contributed by atoms with Gasteiger partial charge in [-0.05, 0) is 18.2 Å². The topological polar surface area (TPSA) is 111 Å². The van der Waals surface area contributed by atoms with E-state index >= 15 is 0 Å². The van der Waals surface area contributed by atoms with Gasteiger partial charge in [-0.3, -0.25) is 4.84 Å². The highest BCUT2D eigenvalue weighted by atomic mass is 79.9. The average molecular weight is 314 g/mol. The average Bonchev–Trinajstić information content (AvgIpc) is 2.28. The second-order valence-corrected chi connectivity index (χ2v) is 3.96. The van der Waals surface area contributed by atoms with Gasteiger partial charge in [0.1, 0.15) is 6.07 Å². The molecule has 1 rings (SSSR count). The van der Waals surface area contributed by atoms with E-state index in [9.17, 15) is 9.59 Å². The van der Waals surface area contributed by atoms with Crippen LogP contribution in [0.4, 0.5) is 10.5 Å². The number of carbonyl (C=O) groups is 2. The Morgan fingerprint density at radius 3 is 2.83 bits per heavy atom. The Balaban J connectivity index is 2.61. The summed E-state index contributed by atoms with van der Waals surface area (Å²) in [6, 6.07) is 5.85. The molecule has 0 spiro atoms. The van der Waals surface area contributed by atoms with Gasteiger partial charge in [-0.2, -0.15) is 5.26 Å². The molecule has 0 aliphatic heterocycles. The van der Waals surface area contributed by atoms with Crippen LogP contribution in [0.2, 0.25) is 0 Å². The number of halogens is 1. The summed E-state index contributed by atoms with van der Waals surface area (Å²) in [5, 5.41) is 19.5. The monoisotopic (exact) mass is 313 g/mol. The number of amides is 2. The predicted octanol–water partition coefficient (Wildman–Crippen LogP) is 1.46. The molecule has 94 valence electrons. The lowest BCUT2D eigenvalue weighted by molar-refractivity contribution is -0.143. The zero-order valence-corrected chi connectivity index (χ0v) is 10.5. The van der Waals surface area contributed by atoms with Gasteiger partial charge in [0.05, 0.1) is 11.3 Å². The Bertz CT molecular complexity index is 512. The van der Waals surface area contributed by atoms with E-state index in [1.165, 1.54) is 12.1 Å². The minimum Gasteiger partial charge on any atom is -0.479 e. The van der Waals surface area contributed by atoms with E-state index in [1.54, 1.807) is 6.07 Å². The standard InChI is InChI=1S/C10H8BrN3O4/c11-7-2-1-6(4-12)8(3-7)13-10(17)14-18-5-9(15)16/h1-3H,5H2,(H,15,16)(H2,13,14,17). The number of carboxylic acids is 1. The number of carboxylic acid groups (broad SMARTS) is 1. The van der Waals surface area contributed by atoms with Gasteiger partial charge >= 0.3 is 12.0 Å². The van der Waals surface area contributed by atoms with Crippen molar-refractivity contribution in [2.24, 2.45) is 0 Å². The molecule has 0 aliphatic carbocycles. The fourth-order valence-corrected chi connectivity index (χ4v) is 1.39. The second kappa shape index (κ2) is 6.58. The van der Waals surface area contributed by atoms with E-state index in [1.807, 2.05) is 11.5 Å². The first-order chi connectivity index (χ1) is 8.52. The number of benzene rings is 1. The zero-order chi connectivity index (χ0) is 13.5. The van der Waals surface area contributed by atoms with Crippen molar-refractivity contribution in [2.75, 3.05) is 11.9 Å². The van der Waals surface area contributed by atoms with Crippen molar-refractivity contribution in [3.05, 3.63) is 28.2 Å². The van der Waals surface area contributed by atoms with E-state index in [2.05, 4.69) is 26.1 Å². The number of aliphatic carboxylic acids is 1. The van der Waals surface area contributed by atoms with E-state index in [0.29, 0.717) is 4.47 Å². The maximum atomic E-state index is 11.3. The molecule has 0 bridgehead atoms. The highest BCUT2D eigenvalue weighted by Gasteiger charge is 2.07. The molecule has 0 aromatic heterocycles. The smallest absolute Gasteiger partial charge is 0.343 e. The Labute approximate surface area is 110 Å². The fraction of sp³-hybridized carbons (Fsp3) is 0.100. The molecule has 0 saturated carbocycles. The molecular formula is C10H8BrN3O4. The van der Waals surface area contributed by atoms with Crippen molar-refractivity contribution in [3.63, 3.8) is 0 Å². The highest BCUT2D eigenvalue weighted by Crippen LogP contribution is 2.20. The molecule has 0 aliphatic rings. The van der Waals surface area contributed by atoms with Gasteiger partial charge in [-0.25, -0.2) is 15.1 Å². The van der Waals surface area contributed by atoms with Gasteiger partial charge in [0.25, 0.3) is 0 Å². The molecule has 7 nitrogen and oxygen atoms in total. The molecule has 0 unspecified atom stereocenters. The normalized spacial score (nSPS) is 9.33. The molecule has 2 amide bonds. The molecule has 3 N–H and O–H groups in total. The largest absolute Gasteiger partial charge is 0.479 e. The summed E-state index contributed by atoms with van der Waals surface area (Å²) in [6.07, 6.45) is 0. The highest BCUT2D eigenvalue weighted by molar-refractivity contribution is 9.10. The molecule has 0 radical (unpaired) electrons. The van der Waals surface area contributed by atoms with Crippen molar-refractivity contribution >= 4 is 33.6 Å². The zero-order valence-electron chi connectivity index (χ0n) is 8.94. The lowest BCUT2D eigenvalue weighted by Crippen LogP contribution is -2.31. The van der Waals surface area contributed by atoms with Gasteiger partial charge in [-0.1, -0.05) is 15.9 Å². The minimum atomic E-state index is -1.21. The van der Waals surface area contributed by atoms with Crippen LogP contribution in [0.25, 0.3) is 0 Å². The van der Waals surface area contributed by atoms with Crippen molar-refractivity contribution in [1.82, 2.24) is 5.48 Å². The number of nitrogens with one attached hydrogen (secondary N) is 2. The summed E-state index contributed by atoms with van der Waals surface area (Å²) in [7, 11) is 0. The molecule has 8 heteroatoms. The van der Waals surface area contributed by atoms with Crippen molar-refractivity contribution < 1.29 is 19.5 Å². The maximum absolute atomic E-state index is 11.3.